The summed E-state index contributed by atoms with van der Waals surface area (Å²) in [7, 11) is 0. The summed E-state index contributed by atoms with van der Waals surface area (Å²) in [5, 5.41) is 12.5. The van der Waals surface area contributed by atoms with Crippen molar-refractivity contribution in [1.82, 2.24) is 5.32 Å². The first-order valence-electron chi connectivity index (χ1n) is 6.34. The Morgan fingerprint density at radius 3 is 2.78 bits per heavy atom. The second-order valence-corrected chi connectivity index (χ2v) is 5.05. The van der Waals surface area contributed by atoms with Crippen molar-refractivity contribution in [2.24, 2.45) is 5.73 Å². The standard InChI is InChI=1S/C14H20N2O2/c1-9-4-2-3-5-12(9)10-6-11(7-10)16-8-13(17)14(15)18/h2-5,10-11,13,16-17H,6-8H2,1H3,(H2,15,18). The van der Waals surface area contributed by atoms with Crippen molar-refractivity contribution in [3.05, 3.63) is 35.4 Å². The Balaban J connectivity index is 1.78. The summed E-state index contributed by atoms with van der Waals surface area (Å²) in [6, 6.07) is 8.81. The third-order valence-electron chi connectivity index (χ3n) is 3.69. The summed E-state index contributed by atoms with van der Waals surface area (Å²) in [5.41, 5.74) is 7.73. The van der Waals surface area contributed by atoms with Gasteiger partial charge in [-0.2, -0.15) is 0 Å². The summed E-state index contributed by atoms with van der Waals surface area (Å²) in [4.78, 5) is 10.7. The quantitative estimate of drug-likeness (QED) is 0.717. The average Bonchev–Trinajstić information content (AvgIpc) is 2.28. The highest BCUT2D eigenvalue weighted by molar-refractivity contribution is 5.78. The van der Waals surface area contributed by atoms with E-state index in [1.54, 1.807) is 0 Å². The molecule has 98 valence electrons. The normalized spacial score (nSPS) is 24.3. The molecule has 1 fully saturated rings. The van der Waals surface area contributed by atoms with Crippen LogP contribution in [0.25, 0.3) is 0 Å². The van der Waals surface area contributed by atoms with Crippen LogP contribution in [0, 0.1) is 6.92 Å². The van der Waals surface area contributed by atoms with Crippen LogP contribution in [0.5, 0.6) is 0 Å². The first-order chi connectivity index (χ1) is 8.58. The SMILES string of the molecule is Cc1ccccc1C1CC(NCC(O)C(N)=O)C1. The van der Waals surface area contributed by atoms with Gasteiger partial charge in [-0.3, -0.25) is 4.79 Å². The minimum absolute atomic E-state index is 0.250. The Hall–Kier alpha value is -1.39. The van der Waals surface area contributed by atoms with Crippen molar-refractivity contribution >= 4 is 5.91 Å². The van der Waals surface area contributed by atoms with Gasteiger partial charge >= 0.3 is 0 Å². The van der Waals surface area contributed by atoms with Gasteiger partial charge in [-0.25, -0.2) is 0 Å². The van der Waals surface area contributed by atoms with E-state index in [0.29, 0.717) is 12.0 Å². The van der Waals surface area contributed by atoms with E-state index in [1.807, 2.05) is 0 Å². The van der Waals surface area contributed by atoms with E-state index in [-0.39, 0.29) is 6.54 Å². The highest BCUT2D eigenvalue weighted by atomic mass is 16.3. The number of aliphatic hydroxyl groups is 1. The molecule has 1 atom stereocenters. The number of hydrogen-bond acceptors (Lipinski definition) is 3. The van der Waals surface area contributed by atoms with Crippen molar-refractivity contribution in [1.29, 1.82) is 0 Å². The van der Waals surface area contributed by atoms with Crippen molar-refractivity contribution in [2.75, 3.05) is 6.54 Å². The van der Waals surface area contributed by atoms with Crippen LogP contribution >= 0.6 is 0 Å². The van der Waals surface area contributed by atoms with E-state index in [9.17, 15) is 9.90 Å². The van der Waals surface area contributed by atoms with Crippen LogP contribution in [0.2, 0.25) is 0 Å². The van der Waals surface area contributed by atoms with Gasteiger partial charge in [-0.15, -0.1) is 0 Å². The number of carbonyl (C=O) groups excluding carboxylic acids is 1. The van der Waals surface area contributed by atoms with E-state index >= 15 is 0 Å². The van der Waals surface area contributed by atoms with Crippen molar-refractivity contribution in [3.8, 4) is 0 Å². The van der Waals surface area contributed by atoms with E-state index < -0.39 is 12.0 Å². The molecule has 18 heavy (non-hydrogen) atoms. The minimum atomic E-state index is -1.08. The third kappa shape index (κ3) is 2.89. The van der Waals surface area contributed by atoms with Crippen LogP contribution in [-0.2, 0) is 4.79 Å². The minimum Gasteiger partial charge on any atom is -0.382 e. The highest BCUT2D eigenvalue weighted by Gasteiger charge is 2.31. The van der Waals surface area contributed by atoms with Crippen LogP contribution in [0.3, 0.4) is 0 Å². The second-order valence-electron chi connectivity index (χ2n) is 5.05. The summed E-state index contributed by atoms with van der Waals surface area (Å²) in [5.74, 6) is -0.0771. The molecule has 1 unspecified atom stereocenters. The number of nitrogens with two attached hydrogens (primary N) is 1. The number of carbonyl (C=O) groups is 1. The lowest BCUT2D eigenvalue weighted by Gasteiger charge is -2.37. The highest BCUT2D eigenvalue weighted by Crippen LogP contribution is 2.38. The van der Waals surface area contributed by atoms with Gasteiger partial charge < -0.3 is 16.2 Å². The number of aryl methyl sites for hydroxylation is 1. The van der Waals surface area contributed by atoms with Crippen LogP contribution in [0.1, 0.15) is 29.9 Å². The molecular formula is C14H20N2O2. The van der Waals surface area contributed by atoms with Gasteiger partial charge in [0.15, 0.2) is 0 Å². The van der Waals surface area contributed by atoms with Crippen molar-refractivity contribution in [2.45, 2.75) is 37.8 Å². The fourth-order valence-electron chi connectivity index (χ4n) is 2.46. The molecule has 0 aliphatic heterocycles. The zero-order valence-corrected chi connectivity index (χ0v) is 10.6. The monoisotopic (exact) mass is 248 g/mol. The lowest BCUT2D eigenvalue weighted by atomic mass is 9.74. The maximum Gasteiger partial charge on any atom is 0.247 e. The second kappa shape index (κ2) is 5.50. The number of hydrogen-bond donors (Lipinski definition) is 3. The van der Waals surface area contributed by atoms with Crippen LogP contribution in [0.15, 0.2) is 24.3 Å². The summed E-state index contributed by atoms with van der Waals surface area (Å²) in [6.07, 6.45) is 1.02. The third-order valence-corrected chi connectivity index (χ3v) is 3.69. The molecular weight excluding hydrogens is 228 g/mol. The smallest absolute Gasteiger partial charge is 0.247 e. The van der Waals surface area contributed by atoms with Gasteiger partial charge in [0.05, 0.1) is 0 Å². The van der Waals surface area contributed by atoms with Crippen LogP contribution in [0.4, 0.5) is 0 Å². The number of nitrogens with one attached hydrogen (secondary N) is 1. The molecule has 1 saturated carbocycles. The van der Waals surface area contributed by atoms with Crippen LogP contribution < -0.4 is 11.1 Å². The maximum atomic E-state index is 10.7. The van der Waals surface area contributed by atoms with E-state index in [2.05, 4.69) is 36.5 Å². The molecule has 1 aliphatic rings. The molecule has 1 aliphatic carbocycles. The molecule has 4 N–H and O–H groups in total. The molecule has 4 nitrogen and oxygen atoms in total. The summed E-state index contributed by atoms with van der Waals surface area (Å²) >= 11 is 0. The Morgan fingerprint density at radius 2 is 2.17 bits per heavy atom. The summed E-state index contributed by atoms with van der Waals surface area (Å²) < 4.78 is 0. The molecule has 1 aromatic rings. The van der Waals surface area contributed by atoms with Gasteiger partial charge in [0.25, 0.3) is 0 Å². The number of aliphatic hydroxyl groups excluding tert-OH is 1. The molecule has 2 rings (SSSR count). The molecule has 0 bridgehead atoms. The fraction of sp³-hybridized carbons (Fsp3) is 0.500. The van der Waals surface area contributed by atoms with Gasteiger partial charge in [0, 0.05) is 12.6 Å². The number of benzene rings is 1. The Morgan fingerprint density at radius 1 is 1.50 bits per heavy atom. The molecule has 4 heteroatoms. The first kappa shape index (κ1) is 13.1. The number of amides is 1. The van der Waals surface area contributed by atoms with E-state index in [0.717, 1.165) is 12.8 Å². The predicted molar refractivity (Wildman–Crippen MR) is 70.1 cm³/mol. The van der Waals surface area contributed by atoms with Gasteiger partial charge in [-0.1, -0.05) is 24.3 Å². The predicted octanol–water partition coefficient (Wildman–Crippen LogP) is 0.677. The molecule has 0 spiro atoms. The zero-order valence-electron chi connectivity index (χ0n) is 10.6. The zero-order chi connectivity index (χ0) is 13.1. The Bertz CT molecular complexity index is 428. The number of rotatable bonds is 5. The Kier molecular flexibility index (Phi) is 3.99. The molecule has 0 saturated heterocycles. The van der Waals surface area contributed by atoms with Gasteiger partial charge in [-0.05, 0) is 36.8 Å². The first-order valence-corrected chi connectivity index (χ1v) is 6.34. The summed E-state index contributed by atoms with van der Waals surface area (Å²) in [6.45, 7) is 2.38. The Labute approximate surface area is 107 Å². The van der Waals surface area contributed by atoms with Crippen molar-refractivity contribution in [3.63, 3.8) is 0 Å². The molecule has 0 aromatic heterocycles. The molecule has 0 heterocycles. The van der Waals surface area contributed by atoms with E-state index in [1.165, 1.54) is 11.1 Å². The number of primary amides is 1. The maximum absolute atomic E-state index is 10.7. The van der Waals surface area contributed by atoms with Crippen molar-refractivity contribution < 1.29 is 9.90 Å². The molecule has 1 aromatic carbocycles. The van der Waals surface area contributed by atoms with E-state index in [4.69, 9.17) is 5.73 Å². The van der Waals surface area contributed by atoms with Crippen LogP contribution in [-0.4, -0.2) is 29.7 Å². The lowest BCUT2D eigenvalue weighted by Crippen LogP contribution is -2.46. The fourth-order valence-corrected chi connectivity index (χ4v) is 2.46. The van der Waals surface area contributed by atoms with Gasteiger partial charge in [0.2, 0.25) is 5.91 Å². The lowest BCUT2D eigenvalue weighted by molar-refractivity contribution is -0.125. The topological polar surface area (TPSA) is 75.3 Å². The molecule has 1 amide bonds. The largest absolute Gasteiger partial charge is 0.382 e. The average molecular weight is 248 g/mol. The molecule has 0 radical (unpaired) electrons. The van der Waals surface area contributed by atoms with Gasteiger partial charge in [0.1, 0.15) is 6.10 Å².